The van der Waals surface area contributed by atoms with E-state index in [1.165, 1.54) is 27.6 Å². The van der Waals surface area contributed by atoms with Crippen molar-refractivity contribution in [3.05, 3.63) is 84.8 Å². The number of hydrogen-bond donors (Lipinski definition) is 1. The van der Waals surface area contributed by atoms with Gasteiger partial charge in [0.05, 0.1) is 6.20 Å². The predicted octanol–water partition coefficient (Wildman–Crippen LogP) is 5.97. The standard InChI is InChI=1S/C30H31N5/c1-4-22-11-14-28(27-8-6-5-7-26(22)27)29-18-33-34-19-24(17-32-30(29)34)23-9-12-25(13-10-23)35-20(2)15-31-16-21(35)3/h5-14,17-21,31H,4,15-16H2,1-3H3. The van der Waals surface area contributed by atoms with Gasteiger partial charge in [0, 0.05) is 54.4 Å². The molecular formula is C30H31N5. The van der Waals surface area contributed by atoms with E-state index in [1.807, 2.05) is 16.9 Å². The van der Waals surface area contributed by atoms with Crippen LogP contribution >= 0.6 is 0 Å². The SMILES string of the molecule is CCc1ccc(-c2cnn3cc(-c4ccc(N5C(C)CNCC5C)cc4)cnc23)c2ccccc12. The quantitative estimate of drug-likeness (QED) is 0.358. The minimum Gasteiger partial charge on any atom is -0.364 e. The first-order chi connectivity index (χ1) is 17.1. The van der Waals surface area contributed by atoms with Crippen LogP contribution in [0.3, 0.4) is 0 Å². The van der Waals surface area contributed by atoms with Gasteiger partial charge in [-0.05, 0) is 59.9 Å². The molecule has 2 aromatic heterocycles. The first-order valence-electron chi connectivity index (χ1n) is 12.6. The second-order valence-corrected chi connectivity index (χ2v) is 9.65. The van der Waals surface area contributed by atoms with Crippen LogP contribution in [0.1, 0.15) is 26.3 Å². The molecule has 1 N–H and O–H groups in total. The number of aryl methyl sites for hydroxylation is 1. The third kappa shape index (κ3) is 3.76. The highest BCUT2D eigenvalue weighted by Crippen LogP contribution is 2.34. The lowest BCUT2D eigenvalue weighted by Gasteiger charge is -2.41. The van der Waals surface area contributed by atoms with Gasteiger partial charge in [0.2, 0.25) is 0 Å². The highest BCUT2D eigenvalue weighted by molar-refractivity contribution is 6.01. The number of hydrogen-bond acceptors (Lipinski definition) is 4. The molecule has 35 heavy (non-hydrogen) atoms. The van der Waals surface area contributed by atoms with Crippen LogP contribution in [-0.4, -0.2) is 39.8 Å². The highest BCUT2D eigenvalue weighted by Gasteiger charge is 2.24. The largest absolute Gasteiger partial charge is 0.364 e. The summed E-state index contributed by atoms with van der Waals surface area (Å²) >= 11 is 0. The van der Waals surface area contributed by atoms with Crippen LogP contribution < -0.4 is 10.2 Å². The van der Waals surface area contributed by atoms with Crippen molar-refractivity contribution in [2.45, 2.75) is 39.3 Å². The van der Waals surface area contributed by atoms with E-state index in [-0.39, 0.29) is 0 Å². The van der Waals surface area contributed by atoms with Crippen molar-refractivity contribution in [1.82, 2.24) is 19.9 Å². The minimum absolute atomic E-state index is 0.479. The third-order valence-electron chi connectivity index (χ3n) is 7.37. The summed E-state index contributed by atoms with van der Waals surface area (Å²) in [6.07, 6.45) is 7.01. The Morgan fingerprint density at radius 2 is 1.57 bits per heavy atom. The van der Waals surface area contributed by atoms with Gasteiger partial charge in [-0.2, -0.15) is 5.10 Å². The molecule has 5 nitrogen and oxygen atoms in total. The molecule has 0 amide bonds. The Morgan fingerprint density at radius 1 is 0.829 bits per heavy atom. The second-order valence-electron chi connectivity index (χ2n) is 9.65. The van der Waals surface area contributed by atoms with Crippen molar-refractivity contribution in [3.63, 3.8) is 0 Å². The molecule has 1 fully saturated rings. The lowest BCUT2D eigenvalue weighted by atomic mass is 9.95. The average molecular weight is 462 g/mol. The monoisotopic (exact) mass is 461 g/mol. The summed E-state index contributed by atoms with van der Waals surface area (Å²) in [7, 11) is 0. The topological polar surface area (TPSA) is 45.5 Å². The number of anilines is 1. The van der Waals surface area contributed by atoms with Gasteiger partial charge in [0.25, 0.3) is 0 Å². The molecular weight excluding hydrogens is 430 g/mol. The van der Waals surface area contributed by atoms with Crippen molar-refractivity contribution in [2.24, 2.45) is 0 Å². The molecule has 6 rings (SSSR count). The van der Waals surface area contributed by atoms with Gasteiger partial charge in [0.15, 0.2) is 5.65 Å². The summed E-state index contributed by atoms with van der Waals surface area (Å²) in [5, 5.41) is 10.7. The molecule has 2 unspecified atom stereocenters. The van der Waals surface area contributed by atoms with E-state index < -0.39 is 0 Å². The third-order valence-corrected chi connectivity index (χ3v) is 7.37. The molecule has 0 spiro atoms. The maximum Gasteiger partial charge on any atom is 0.162 e. The molecule has 1 saturated heterocycles. The average Bonchev–Trinajstić information content (AvgIpc) is 3.31. The van der Waals surface area contributed by atoms with Crippen LogP contribution in [0.5, 0.6) is 0 Å². The van der Waals surface area contributed by atoms with Gasteiger partial charge in [-0.1, -0.05) is 55.5 Å². The molecule has 5 heteroatoms. The van der Waals surface area contributed by atoms with Gasteiger partial charge >= 0.3 is 0 Å². The summed E-state index contributed by atoms with van der Waals surface area (Å²) in [6.45, 7) is 8.80. The van der Waals surface area contributed by atoms with Crippen molar-refractivity contribution in [2.75, 3.05) is 18.0 Å². The van der Waals surface area contributed by atoms with Gasteiger partial charge in [-0.3, -0.25) is 0 Å². The Morgan fingerprint density at radius 3 is 2.31 bits per heavy atom. The highest BCUT2D eigenvalue weighted by atomic mass is 15.2. The Kier molecular flexibility index (Phi) is 5.50. The van der Waals surface area contributed by atoms with Crippen LogP contribution in [0.4, 0.5) is 5.69 Å². The lowest BCUT2D eigenvalue weighted by Crippen LogP contribution is -2.55. The van der Waals surface area contributed by atoms with Crippen molar-refractivity contribution in [1.29, 1.82) is 0 Å². The molecule has 0 bridgehead atoms. The lowest BCUT2D eigenvalue weighted by molar-refractivity contribution is 0.432. The first kappa shape index (κ1) is 21.8. The number of fused-ring (bicyclic) bond motifs is 2. The summed E-state index contributed by atoms with van der Waals surface area (Å²) < 4.78 is 1.90. The fourth-order valence-corrected chi connectivity index (χ4v) is 5.59. The van der Waals surface area contributed by atoms with Crippen LogP contribution in [-0.2, 0) is 6.42 Å². The molecule has 176 valence electrons. The van der Waals surface area contributed by atoms with E-state index >= 15 is 0 Å². The number of aromatic nitrogens is 3. The molecule has 2 atom stereocenters. The fourth-order valence-electron chi connectivity index (χ4n) is 5.59. The minimum atomic E-state index is 0.479. The van der Waals surface area contributed by atoms with E-state index in [4.69, 9.17) is 4.98 Å². The van der Waals surface area contributed by atoms with Crippen LogP contribution in [0.2, 0.25) is 0 Å². The molecule has 3 heterocycles. The van der Waals surface area contributed by atoms with Crippen LogP contribution in [0.15, 0.2) is 79.3 Å². The van der Waals surface area contributed by atoms with E-state index in [2.05, 4.69) is 103 Å². The smallest absolute Gasteiger partial charge is 0.162 e. The Bertz CT molecular complexity index is 1490. The van der Waals surface area contributed by atoms with E-state index in [9.17, 15) is 0 Å². The number of nitrogens with zero attached hydrogens (tertiary/aromatic N) is 4. The first-order valence-corrected chi connectivity index (χ1v) is 12.6. The maximum absolute atomic E-state index is 4.86. The van der Waals surface area contributed by atoms with E-state index in [1.54, 1.807) is 0 Å². The Hall–Kier alpha value is -3.70. The molecule has 0 saturated carbocycles. The fraction of sp³-hybridized carbons (Fsp3) is 0.267. The van der Waals surface area contributed by atoms with Gasteiger partial charge in [-0.15, -0.1) is 0 Å². The van der Waals surface area contributed by atoms with Gasteiger partial charge in [-0.25, -0.2) is 9.50 Å². The van der Waals surface area contributed by atoms with Crippen LogP contribution in [0, 0.1) is 0 Å². The number of rotatable bonds is 4. The zero-order chi connectivity index (χ0) is 23.9. The molecule has 0 radical (unpaired) electrons. The molecule has 1 aliphatic heterocycles. The summed E-state index contributed by atoms with van der Waals surface area (Å²) in [5.74, 6) is 0. The second kappa shape index (κ2) is 8.82. The number of benzene rings is 3. The van der Waals surface area contributed by atoms with E-state index in [0.717, 1.165) is 41.8 Å². The Balaban J connectivity index is 1.35. The zero-order valence-corrected chi connectivity index (χ0v) is 20.6. The van der Waals surface area contributed by atoms with Crippen LogP contribution in [0.25, 0.3) is 38.7 Å². The Labute approximate surface area is 206 Å². The summed E-state index contributed by atoms with van der Waals surface area (Å²) in [6, 6.07) is 22.9. The summed E-state index contributed by atoms with van der Waals surface area (Å²) in [4.78, 5) is 7.37. The maximum atomic E-state index is 4.86. The summed E-state index contributed by atoms with van der Waals surface area (Å²) in [5.41, 5.74) is 7.96. The van der Waals surface area contributed by atoms with Crippen molar-refractivity contribution >= 4 is 22.1 Å². The molecule has 5 aromatic rings. The molecule has 3 aromatic carbocycles. The van der Waals surface area contributed by atoms with Gasteiger partial charge in [0.1, 0.15) is 0 Å². The zero-order valence-electron chi connectivity index (χ0n) is 20.6. The van der Waals surface area contributed by atoms with Crippen molar-refractivity contribution < 1.29 is 0 Å². The number of nitrogens with one attached hydrogen (secondary N) is 1. The molecule has 0 aliphatic carbocycles. The molecule has 1 aliphatic rings. The predicted molar refractivity (Wildman–Crippen MR) is 145 cm³/mol. The van der Waals surface area contributed by atoms with Gasteiger partial charge < -0.3 is 10.2 Å². The normalized spacial score (nSPS) is 18.4. The van der Waals surface area contributed by atoms with Crippen molar-refractivity contribution in [3.8, 4) is 22.3 Å². The van der Waals surface area contributed by atoms with E-state index in [0.29, 0.717) is 12.1 Å². The number of piperazine rings is 1.